The summed E-state index contributed by atoms with van der Waals surface area (Å²) in [4.78, 5) is 11.6. The van der Waals surface area contributed by atoms with Gasteiger partial charge in [-0.15, -0.1) is 0 Å². The minimum atomic E-state index is -0.389. The van der Waals surface area contributed by atoms with Crippen molar-refractivity contribution in [1.29, 1.82) is 5.26 Å². The first kappa shape index (κ1) is 13.5. The number of carbonyl (C=O) groups is 1. The summed E-state index contributed by atoms with van der Waals surface area (Å²) in [5.41, 5.74) is 0.889. The molecule has 1 atom stereocenters. The van der Waals surface area contributed by atoms with Gasteiger partial charge in [0.25, 0.3) is 0 Å². The number of rotatable bonds is 5. The fourth-order valence-electron chi connectivity index (χ4n) is 1.49. The number of hydrogen-bond donors (Lipinski definition) is 1. The molecule has 0 aliphatic rings. The summed E-state index contributed by atoms with van der Waals surface area (Å²) in [6, 6.07) is 8.80. The summed E-state index contributed by atoms with van der Waals surface area (Å²) in [6.45, 7) is 1.98. The number of nitrogens with one attached hydrogen (secondary N) is 1. The van der Waals surface area contributed by atoms with Crippen LogP contribution >= 0.6 is 11.6 Å². The summed E-state index contributed by atoms with van der Waals surface area (Å²) in [5, 5.41) is 12.2. The smallest absolute Gasteiger partial charge is 0.225 e. The van der Waals surface area contributed by atoms with E-state index in [1.165, 1.54) is 0 Å². The summed E-state index contributed by atoms with van der Waals surface area (Å²) >= 11 is 5.75. The summed E-state index contributed by atoms with van der Waals surface area (Å²) in [7, 11) is 0. The lowest BCUT2D eigenvalue weighted by molar-refractivity contribution is -0.120. The van der Waals surface area contributed by atoms with Gasteiger partial charge in [0.1, 0.15) is 6.04 Å². The quantitative estimate of drug-likeness (QED) is 0.874. The van der Waals surface area contributed by atoms with E-state index in [0.29, 0.717) is 11.4 Å². The van der Waals surface area contributed by atoms with Crippen LogP contribution in [0.5, 0.6) is 0 Å². The summed E-state index contributed by atoms with van der Waals surface area (Å²) < 4.78 is 0. The molecule has 1 N–H and O–H groups in total. The Morgan fingerprint density at radius 1 is 1.47 bits per heavy atom. The van der Waals surface area contributed by atoms with E-state index in [0.717, 1.165) is 12.0 Å². The third kappa shape index (κ3) is 4.88. The number of halogens is 1. The summed E-state index contributed by atoms with van der Waals surface area (Å²) in [5.74, 6) is -0.132. The van der Waals surface area contributed by atoms with Crippen molar-refractivity contribution in [3.8, 4) is 6.07 Å². The second kappa shape index (κ2) is 6.93. The van der Waals surface area contributed by atoms with Crippen LogP contribution in [0.15, 0.2) is 24.3 Å². The van der Waals surface area contributed by atoms with Gasteiger partial charge in [-0.25, -0.2) is 0 Å². The van der Waals surface area contributed by atoms with E-state index >= 15 is 0 Å². The zero-order chi connectivity index (χ0) is 12.7. The molecule has 90 valence electrons. The van der Waals surface area contributed by atoms with Crippen LogP contribution in [0.4, 0.5) is 0 Å². The zero-order valence-corrected chi connectivity index (χ0v) is 10.5. The molecule has 0 bridgehead atoms. The SMILES string of the molecule is CCCC(C#N)NC(=O)Cc1ccc(Cl)cc1. The molecule has 0 aromatic heterocycles. The molecule has 0 radical (unpaired) electrons. The van der Waals surface area contributed by atoms with Crippen LogP contribution in [0.1, 0.15) is 25.3 Å². The molecule has 4 heteroatoms. The lowest BCUT2D eigenvalue weighted by Crippen LogP contribution is -2.34. The van der Waals surface area contributed by atoms with Gasteiger partial charge in [-0.2, -0.15) is 5.26 Å². The minimum Gasteiger partial charge on any atom is -0.340 e. The predicted molar refractivity (Wildman–Crippen MR) is 67.6 cm³/mol. The third-order valence-electron chi connectivity index (χ3n) is 2.35. The van der Waals surface area contributed by atoms with Gasteiger partial charge < -0.3 is 5.32 Å². The van der Waals surface area contributed by atoms with Crippen LogP contribution in [-0.4, -0.2) is 11.9 Å². The van der Waals surface area contributed by atoms with Crippen molar-refractivity contribution in [2.45, 2.75) is 32.2 Å². The lowest BCUT2D eigenvalue weighted by atomic mass is 10.1. The van der Waals surface area contributed by atoms with Gasteiger partial charge in [-0.1, -0.05) is 37.1 Å². The third-order valence-corrected chi connectivity index (χ3v) is 2.60. The van der Waals surface area contributed by atoms with E-state index in [9.17, 15) is 4.79 Å². The highest BCUT2D eigenvalue weighted by Crippen LogP contribution is 2.10. The monoisotopic (exact) mass is 250 g/mol. The molecule has 0 heterocycles. The van der Waals surface area contributed by atoms with Crippen LogP contribution in [0.3, 0.4) is 0 Å². The van der Waals surface area contributed by atoms with Gasteiger partial charge in [0, 0.05) is 5.02 Å². The van der Waals surface area contributed by atoms with Gasteiger partial charge in [0.15, 0.2) is 0 Å². The molecule has 0 saturated carbocycles. The van der Waals surface area contributed by atoms with Crippen molar-refractivity contribution >= 4 is 17.5 Å². The Hall–Kier alpha value is -1.53. The summed E-state index contributed by atoms with van der Waals surface area (Å²) in [6.07, 6.45) is 1.83. The van der Waals surface area contributed by atoms with Gasteiger partial charge in [0.05, 0.1) is 12.5 Å². The standard InChI is InChI=1S/C13H15ClN2O/c1-2-3-12(9-15)16-13(17)8-10-4-6-11(14)7-5-10/h4-7,12H,2-3,8H2,1H3,(H,16,17). The van der Waals surface area contributed by atoms with E-state index in [1.807, 2.05) is 19.1 Å². The number of benzene rings is 1. The van der Waals surface area contributed by atoms with Crippen molar-refractivity contribution in [2.75, 3.05) is 0 Å². The average Bonchev–Trinajstić information content (AvgIpc) is 2.31. The van der Waals surface area contributed by atoms with E-state index in [2.05, 4.69) is 11.4 Å². The molecule has 1 aromatic rings. The van der Waals surface area contributed by atoms with Crippen LogP contribution in [0.2, 0.25) is 5.02 Å². The molecule has 0 aliphatic carbocycles. The Balaban J connectivity index is 2.49. The Morgan fingerprint density at radius 2 is 2.12 bits per heavy atom. The molecule has 0 fully saturated rings. The van der Waals surface area contributed by atoms with E-state index in [-0.39, 0.29) is 18.4 Å². The molecule has 1 aromatic carbocycles. The molecule has 17 heavy (non-hydrogen) atoms. The molecule has 0 aliphatic heterocycles. The molecular formula is C13H15ClN2O. The Labute approximate surface area is 106 Å². The second-order valence-electron chi connectivity index (χ2n) is 3.84. The van der Waals surface area contributed by atoms with Gasteiger partial charge in [-0.05, 0) is 24.1 Å². The van der Waals surface area contributed by atoms with Gasteiger partial charge in [0.2, 0.25) is 5.91 Å². The first-order chi connectivity index (χ1) is 8.15. The van der Waals surface area contributed by atoms with Crippen molar-refractivity contribution in [2.24, 2.45) is 0 Å². The highest BCUT2D eigenvalue weighted by Gasteiger charge is 2.10. The number of hydrogen-bond acceptors (Lipinski definition) is 2. The van der Waals surface area contributed by atoms with Gasteiger partial charge in [-0.3, -0.25) is 4.79 Å². The fraction of sp³-hybridized carbons (Fsp3) is 0.385. The number of carbonyl (C=O) groups excluding carboxylic acids is 1. The average molecular weight is 251 g/mol. The number of nitriles is 1. The molecule has 1 unspecified atom stereocenters. The lowest BCUT2D eigenvalue weighted by Gasteiger charge is -2.10. The Kier molecular flexibility index (Phi) is 5.51. The number of nitrogens with zero attached hydrogens (tertiary/aromatic N) is 1. The predicted octanol–water partition coefficient (Wildman–Crippen LogP) is 2.69. The fourth-order valence-corrected chi connectivity index (χ4v) is 1.62. The first-order valence-corrected chi connectivity index (χ1v) is 5.97. The highest BCUT2D eigenvalue weighted by molar-refractivity contribution is 6.30. The normalized spacial score (nSPS) is 11.6. The maximum Gasteiger partial charge on any atom is 0.225 e. The minimum absolute atomic E-state index is 0.132. The molecule has 1 amide bonds. The molecule has 0 spiro atoms. The zero-order valence-electron chi connectivity index (χ0n) is 9.74. The van der Waals surface area contributed by atoms with E-state index in [4.69, 9.17) is 16.9 Å². The van der Waals surface area contributed by atoms with E-state index < -0.39 is 0 Å². The first-order valence-electron chi connectivity index (χ1n) is 5.59. The van der Waals surface area contributed by atoms with Crippen LogP contribution in [0, 0.1) is 11.3 Å². The largest absolute Gasteiger partial charge is 0.340 e. The van der Waals surface area contributed by atoms with Crippen molar-refractivity contribution in [3.05, 3.63) is 34.9 Å². The van der Waals surface area contributed by atoms with Crippen LogP contribution in [-0.2, 0) is 11.2 Å². The Bertz CT molecular complexity index is 408. The van der Waals surface area contributed by atoms with Gasteiger partial charge >= 0.3 is 0 Å². The van der Waals surface area contributed by atoms with E-state index in [1.54, 1.807) is 12.1 Å². The number of amides is 1. The molecule has 3 nitrogen and oxygen atoms in total. The molecular weight excluding hydrogens is 236 g/mol. The second-order valence-corrected chi connectivity index (χ2v) is 4.28. The topological polar surface area (TPSA) is 52.9 Å². The van der Waals surface area contributed by atoms with Crippen LogP contribution in [0.25, 0.3) is 0 Å². The Morgan fingerprint density at radius 3 is 2.65 bits per heavy atom. The van der Waals surface area contributed by atoms with Crippen LogP contribution < -0.4 is 5.32 Å². The highest BCUT2D eigenvalue weighted by atomic mass is 35.5. The molecule has 0 saturated heterocycles. The van der Waals surface area contributed by atoms with Crippen molar-refractivity contribution in [1.82, 2.24) is 5.32 Å². The molecule has 1 rings (SSSR count). The van der Waals surface area contributed by atoms with Crippen molar-refractivity contribution in [3.63, 3.8) is 0 Å². The maximum atomic E-state index is 11.6. The van der Waals surface area contributed by atoms with Crippen molar-refractivity contribution < 1.29 is 4.79 Å². The maximum absolute atomic E-state index is 11.6.